The number of rotatable bonds is 8. The topological polar surface area (TPSA) is 48.0 Å². The van der Waals surface area contributed by atoms with Crippen molar-refractivity contribution >= 4 is 0 Å². The van der Waals surface area contributed by atoms with E-state index in [1.807, 2.05) is 0 Å². The average molecular weight is 245 g/mol. The largest absolute Gasteiger partial charge is 0.396 e. The van der Waals surface area contributed by atoms with Gasteiger partial charge in [-0.1, -0.05) is 0 Å². The van der Waals surface area contributed by atoms with Crippen LogP contribution in [0.25, 0.3) is 0 Å². The quantitative estimate of drug-likeness (QED) is 0.587. The van der Waals surface area contributed by atoms with Crippen LogP contribution in [0, 0.1) is 0 Å². The number of piperazine rings is 1. The first kappa shape index (κ1) is 14.9. The van der Waals surface area contributed by atoms with Crippen molar-refractivity contribution < 1.29 is 9.84 Å². The Hall–Kier alpha value is -0.200. The van der Waals surface area contributed by atoms with Crippen LogP contribution in [0.2, 0.25) is 0 Å². The number of hydrogen-bond donors (Lipinski definition) is 2. The number of methoxy groups -OCH3 is 1. The van der Waals surface area contributed by atoms with Gasteiger partial charge in [0.1, 0.15) is 0 Å². The van der Waals surface area contributed by atoms with Gasteiger partial charge in [0.2, 0.25) is 0 Å². The van der Waals surface area contributed by atoms with Crippen molar-refractivity contribution in [2.45, 2.75) is 12.5 Å². The van der Waals surface area contributed by atoms with Crippen molar-refractivity contribution in [3.63, 3.8) is 0 Å². The first-order valence-corrected chi connectivity index (χ1v) is 6.50. The zero-order chi connectivity index (χ0) is 12.5. The van der Waals surface area contributed by atoms with Crippen LogP contribution in [0.1, 0.15) is 6.42 Å². The van der Waals surface area contributed by atoms with Gasteiger partial charge in [-0.25, -0.2) is 0 Å². The van der Waals surface area contributed by atoms with E-state index in [9.17, 15) is 0 Å². The second-order valence-electron chi connectivity index (χ2n) is 4.76. The highest BCUT2D eigenvalue weighted by Gasteiger charge is 2.13. The molecule has 1 unspecified atom stereocenters. The fourth-order valence-corrected chi connectivity index (χ4v) is 2.10. The van der Waals surface area contributed by atoms with Gasteiger partial charge in [0, 0.05) is 59.0 Å². The van der Waals surface area contributed by atoms with Crippen LogP contribution in [0.3, 0.4) is 0 Å². The molecule has 1 aliphatic heterocycles. The summed E-state index contributed by atoms with van der Waals surface area (Å²) < 4.78 is 5.12. The Morgan fingerprint density at radius 3 is 2.59 bits per heavy atom. The Labute approximate surface area is 105 Å². The summed E-state index contributed by atoms with van der Waals surface area (Å²) in [6.07, 6.45) is 0.760. The summed E-state index contributed by atoms with van der Waals surface area (Å²) in [5.41, 5.74) is 0. The van der Waals surface area contributed by atoms with Crippen LogP contribution in [-0.2, 0) is 4.74 Å². The molecule has 0 radical (unpaired) electrons. The minimum Gasteiger partial charge on any atom is -0.396 e. The Kier molecular flexibility index (Phi) is 7.72. The maximum Gasteiger partial charge on any atom is 0.0616 e. The molecule has 1 rings (SSSR count). The number of ether oxygens (including phenoxy) is 1. The summed E-state index contributed by atoms with van der Waals surface area (Å²) in [5.74, 6) is 0. The first-order valence-electron chi connectivity index (χ1n) is 6.50. The summed E-state index contributed by atoms with van der Waals surface area (Å²) in [7, 11) is 3.87. The van der Waals surface area contributed by atoms with Gasteiger partial charge in [-0.05, 0) is 13.5 Å². The lowest BCUT2D eigenvalue weighted by atomic mass is 10.2. The SMILES string of the molecule is COCC(CCO)NCCN1CCN(C)CC1. The smallest absolute Gasteiger partial charge is 0.0616 e. The third kappa shape index (κ3) is 6.33. The highest BCUT2D eigenvalue weighted by atomic mass is 16.5. The van der Waals surface area contributed by atoms with Crippen molar-refractivity contribution in [1.82, 2.24) is 15.1 Å². The first-order chi connectivity index (χ1) is 8.26. The summed E-state index contributed by atoms with van der Waals surface area (Å²) in [6.45, 7) is 7.59. The van der Waals surface area contributed by atoms with Crippen LogP contribution in [0.4, 0.5) is 0 Å². The third-order valence-corrected chi connectivity index (χ3v) is 3.30. The van der Waals surface area contributed by atoms with E-state index in [-0.39, 0.29) is 12.6 Å². The summed E-state index contributed by atoms with van der Waals surface area (Å²) >= 11 is 0. The summed E-state index contributed by atoms with van der Waals surface area (Å²) in [5, 5.41) is 12.4. The van der Waals surface area contributed by atoms with E-state index in [2.05, 4.69) is 22.2 Å². The maximum absolute atomic E-state index is 8.93. The Morgan fingerprint density at radius 1 is 1.29 bits per heavy atom. The molecule has 5 heteroatoms. The minimum atomic E-state index is 0.218. The Morgan fingerprint density at radius 2 is 2.00 bits per heavy atom. The minimum absolute atomic E-state index is 0.218. The number of hydrogen-bond acceptors (Lipinski definition) is 5. The van der Waals surface area contributed by atoms with E-state index in [1.54, 1.807) is 7.11 Å². The Bertz CT molecular complexity index is 179. The molecule has 0 saturated carbocycles. The van der Waals surface area contributed by atoms with Crippen LogP contribution < -0.4 is 5.32 Å². The van der Waals surface area contributed by atoms with Crippen molar-refractivity contribution in [3.05, 3.63) is 0 Å². The van der Waals surface area contributed by atoms with Crippen molar-refractivity contribution in [2.24, 2.45) is 0 Å². The highest BCUT2D eigenvalue weighted by molar-refractivity contribution is 4.72. The summed E-state index contributed by atoms with van der Waals surface area (Å²) in [4.78, 5) is 4.85. The fourth-order valence-electron chi connectivity index (χ4n) is 2.10. The van der Waals surface area contributed by atoms with Crippen LogP contribution in [-0.4, -0.2) is 87.6 Å². The molecule has 1 atom stereocenters. The lowest BCUT2D eigenvalue weighted by Gasteiger charge is -2.32. The zero-order valence-corrected chi connectivity index (χ0v) is 11.2. The van der Waals surface area contributed by atoms with Gasteiger partial charge in [-0.15, -0.1) is 0 Å². The van der Waals surface area contributed by atoms with Gasteiger partial charge >= 0.3 is 0 Å². The molecule has 1 fully saturated rings. The monoisotopic (exact) mass is 245 g/mol. The van der Waals surface area contributed by atoms with E-state index in [4.69, 9.17) is 9.84 Å². The standard InChI is InChI=1S/C12H27N3O2/c1-14-6-8-15(9-7-14)5-4-13-12(3-10-16)11-17-2/h12-13,16H,3-11H2,1-2H3. The number of aliphatic hydroxyl groups excluding tert-OH is 1. The molecule has 1 aliphatic rings. The molecular weight excluding hydrogens is 218 g/mol. The second kappa shape index (κ2) is 8.83. The number of likely N-dealkylation sites (N-methyl/N-ethyl adjacent to an activating group) is 1. The van der Waals surface area contributed by atoms with Gasteiger partial charge in [-0.3, -0.25) is 4.90 Å². The molecule has 0 spiro atoms. The van der Waals surface area contributed by atoms with E-state index in [0.717, 1.165) is 45.7 Å². The Balaban J connectivity index is 2.08. The molecule has 102 valence electrons. The van der Waals surface area contributed by atoms with E-state index in [1.165, 1.54) is 0 Å². The second-order valence-corrected chi connectivity index (χ2v) is 4.76. The molecule has 0 aromatic rings. The van der Waals surface area contributed by atoms with Gasteiger partial charge < -0.3 is 20.1 Å². The molecule has 0 aromatic heterocycles. The van der Waals surface area contributed by atoms with Crippen molar-refractivity contribution in [2.75, 3.05) is 66.6 Å². The van der Waals surface area contributed by atoms with Crippen LogP contribution in [0.5, 0.6) is 0 Å². The predicted octanol–water partition coefficient (Wildman–Crippen LogP) is -0.779. The third-order valence-electron chi connectivity index (χ3n) is 3.30. The normalized spacial score (nSPS) is 20.6. The highest BCUT2D eigenvalue weighted by Crippen LogP contribution is 1.98. The molecule has 5 nitrogen and oxygen atoms in total. The number of nitrogens with zero attached hydrogens (tertiary/aromatic N) is 2. The molecule has 0 aliphatic carbocycles. The maximum atomic E-state index is 8.93. The van der Waals surface area contributed by atoms with E-state index in [0.29, 0.717) is 6.61 Å². The molecule has 2 N–H and O–H groups in total. The lowest BCUT2D eigenvalue weighted by molar-refractivity contribution is 0.134. The zero-order valence-electron chi connectivity index (χ0n) is 11.2. The van der Waals surface area contributed by atoms with Crippen molar-refractivity contribution in [3.8, 4) is 0 Å². The molecule has 0 aromatic carbocycles. The fraction of sp³-hybridized carbons (Fsp3) is 1.00. The average Bonchev–Trinajstić information content (AvgIpc) is 2.32. The summed E-state index contributed by atoms with van der Waals surface area (Å²) in [6, 6.07) is 0.275. The van der Waals surface area contributed by atoms with Crippen LogP contribution >= 0.6 is 0 Å². The predicted molar refractivity (Wildman–Crippen MR) is 69.3 cm³/mol. The molecular formula is C12H27N3O2. The van der Waals surface area contributed by atoms with Crippen molar-refractivity contribution in [1.29, 1.82) is 0 Å². The van der Waals surface area contributed by atoms with Gasteiger partial charge in [0.05, 0.1) is 6.61 Å². The van der Waals surface area contributed by atoms with E-state index < -0.39 is 0 Å². The van der Waals surface area contributed by atoms with E-state index >= 15 is 0 Å². The molecule has 0 amide bonds. The lowest BCUT2D eigenvalue weighted by Crippen LogP contribution is -2.47. The van der Waals surface area contributed by atoms with Crippen LogP contribution in [0.15, 0.2) is 0 Å². The van der Waals surface area contributed by atoms with Gasteiger partial charge in [0.25, 0.3) is 0 Å². The molecule has 17 heavy (non-hydrogen) atoms. The molecule has 1 saturated heterocycles. The molecule has 0 bridgehead atoms. The van der Waals surface area contributed by atoms with Gasteiger partial charge in [-0.2, -0.15) is 0 Å². The van der Waals surface area contributed by atoms with Gasteiger partial charge in [0.15, 0.2) is 0 Å². The number of aliphatic hydroxyl groups is 1. The molecule has 1 heterocycles. The number of nitrogens with one attached hydrogen (secondary N) is 1.